The number of nitrogens with one attached hydrogen (secondary N) is 1. The van der Waals surface area contributed by atoms with E-state index in [1.807, 2.05) is 6.08 Å². The molecular weight excluding hydrogens is 1160 g/mol. The summed E-state index contributed by atoms with van der Waals surface area (Å²) in [6.45, 7) is 5.73. The molecular formula is C82H149NO10. The van der Waals surface area contributed by atoms with Crippen molar-refractivity contribution in [3.05, 3.63) is 72.9 Å². The molecule has 8 atom stereocenters. The Morgan fingerprint density at radius 1 is 0.430 bits per heavy atom. The van der Waals surface area contributed by atoms with Crippen LogP contribution in [-0.2, 0) is 23.8 Å². The van der Waals surface area contributed by atoms with E-state index in [2.05, 4.69) is 86.8 Å². The van der Waals surface area contributed by atoms with Gasteiger partial charge in [-0.25, -0.2) is 0 Å². The molecule has 1 aliphatic heterocycles. The molecule has 1 amide bonds. The highest BCUT2D eigenvalue weighted by Crippen LogP contribution is 2.27. The van der Waals surface area contributed by atoms with Gasteiger partial charge in [0, 0.05) is 6.42 Å². The Bertz CT molecular complexity index is 1800. The van der Waals surface area contributed by atoms with Crippen LogP contribution in [0.3, 0.4) is 0 Å². The molecule has 93 heavy (non-hydrogen) atoms. The fourth-order valence-corrected chi connectivity index (χ4v) is 12.4. The fourth-order valence-electron chi connectivity index (χ4n) is 12.4. The van der Waals surface area contributed by atoms with Crippen LogP contribution in [0.1, 0.15) is 374 Å². The van der Waals surface area contributed by atoms with E-state index in [0.717, 1.165) is 96.3 Å². The van der Waals surface area contributed by atoms with Crippen LogP contribution in [0.5, 0.6) is 0 Å². The predicted octanol–water partition coefficient (Wildman–Crippen LogP) is 21.4. The van der Waals surface area contributed by atoms with Crippen LogP contribution in [-0.4, -0.2) is 99.6 Å². The summed E-state index contributed by atoms with van der Waals surface area (Å²) in [5.41, 5.74) is 0. The topological polar surface area (TPSA) is 175 Å². The minimum absolute atomic E-state index is 0.127. The second-order valence-corrected chi connectivity index (χ2v) is 27.4. The molecule has 1 fully saturated rings. The van der Waals surface area contributed by atoms with Gasteiger partial charge in [0.1, 0.15) is 24.4 Å². The maximum absolute atomic E-state index is 13.5. The molecule has 0 aliphatic carbocycles. The van der Waals surface area contributed by atoms with Crippen molar-refractivity contribution in [2.75, 3.05) is 13.2 Å². The van der Waals surface area contributed by atoms with Gasteiger partial charge in [0.2, 0.25) is 5.91 Å². The zero-order chi connectivity index (χ0) is 67.4. The maximum Gasteiger partial charge on any atom is 0.306 e. The van der Waals surface area contributed by atoms with Gasteiger partial charge in [0.25, 0.3) is 0 Å². The molecule has 0 aromatic heterocycles. The molecule has 1 rings (SSSR count). The third kappa shape index (κ3) is 55.8. The average molecular weight is 1310 g/mol. The van der Waals surface area contributed by atoms with Gasteiger partial charge in [0.05, 0.1) is 25.4 Å². The van der Waals surface area contributed by atoms with E-state index in [1.165, 1.54) is 231 Å². The van der Waals surface area contributed by atoms with Gasteiger partial charge in [0.15, 0.2) is 12.4 Å². The lowest BCUT2D eigenvalue weighted by molar-refractivity contribution is -0.305. The summed E-state index contributed by atoms with van der Waals surface area (Å²) in [6.07, 6.45) is 81.1. The fraction of sp³-hybridized carbons (Fsp3) is 0.829. The molecule has 0 aromatic rings. The highest BCUT2D eigenvalue weighted by molar-refractivity contribution is 5.80. The first kappa shape index (κ1) is 88.1. The molecule has 0 aromatic carbocycles. The zero-order valence-corrected chi connectivity index (χ0v) is 60.6. The number of hydrogen-bond acceptors (Lipinski definition) is 10. The molecule has 0 radical (unpaired) electrons. The number of ether oxygens (including phenoxy) is 3. The van der Waals surface area contributed by atoms with Crippen LogP contribution in [0, 0.1) is 0 Å². The number of esters is 1. The minimum Gasteiger partial charge on any atom is -0.454 e. The number of allylic oxidation sites excluding steroid dienone is 11. The highest BCUT2D eigenvalue weighted by Gasteiger charge is 2.47. The van der Waals surface area contributed by atoms with Crippen molar-refractivity contribution in [2.45, 2.75) is 423 Å². The second kappa shape index (κ2) is 69.0. The van der Waals surface area contributed by atoms with Crippen molar-refractivity contribution < 1.29 is 49.3 Å². The first-order valence-electron chi connectivity index (χ1n) is 39.7. The smallest absolute Gasteiger partial charge is 0.306 e. The average Bonchev–Trinajstić information content (AvgIpc) is 0.974. The third-order valence-corrected chi connectivity index (χ3v) is 18.6. The summed E-state index contributed by atoms with van der Waals surface area (Å²) in [7, 11) is 0. The van der Waals surface area contributed by atoms with E-state index < -0.39 is 67.4 Å². The molecule has 11 nitrogen and oxygen atoms in total. The first-order chi connectivity index (χ1) is 45.7. The van der Waals surface area contributed by atoms with E-state index in [-0.39, 0.29) is 19.4 Å². The van der Waals surface area contributed by atoms with Crippen LogP contribution < -0.4 is 5.32 Å². The standard InChI is InChI=1S/C82H149NO10/c1-4-7-10-13-16-19-22-24-26-28-30-32-34-36-38-40-42-44-46-48-50-52-55-58-61-64-67-70-77(87)93-80-79(89)78(88)76(71-84)92-82(80)91-72-73(74(85)68-65-62-59-56-53-21-18-15-12-9-6-3)83-81(90)75(86)69-66-63-60-57-54-51-49-47-45-43-41-39-37-35-33-31-29-27-25-23-20-17-14-11-8-5-2/h8,11,17,20,25,27,31,33,37,39,65,68,73-76,78-80,82,84-86,88-89H,4-7,9-10,12-16,18-19,21-24,26,28-30,32,34-36,38,40-64,66-67,69-72H2,1-3H3,(H,83,90)/b11-8-,20-17-,27-25-,33-31-,39-37-,68-65+. The van der Waals surface area contributed by atoms with E-state index >= 15 is 0 Å². The number of amides is 1. The Kier molecular flexibility index (Phi) is 65.4. The lowest BCUT2D eigenvalue weighted by Gasteiger charge is -2.41. The largest absolute Gasteiger partial charge is 0.454 e. The van der Waals surface area contributed by atoms with Crippen LogP contribution in [0.25, 0.3) is 0 Å². The number of aliphatic hydroxyl groups is 5. The molecule has 11 heteroatoms. The van der Waals surface area contributed by atoms with E-state index in [1.54, 1.807) is 6.08 Å². The number of rotatable bonds is 69. The lowest BCUT2D eigenvalue weighted by atomic mass is 9.99. The number of aliphatic hydroxyl groups excluding tert-OH is 5. The van der Waals surface area contributed by atoms with Crippen molar-refractivity contribution >= 4 is 11.9 Å². The number of hydrogen-bond donors (Lipinski definition) is 6. The van der Waals surface area contributed by atoms with E-state index in [9.17, 15) is 35.1 Å². The molecule has 1 saturated heterocycles. The lowest BCUT2D eigenvalue weighted by Crippen LogP contribution is -2.61. The van der Waals surface area contributed by atoms with Gasteiger partial charge in [-0.15, -0.1) is 0 Å². The van der Waals surface area contributed by atoms with Gasteiger partial charge >= 0.3 is 5.97 Å². The van der Waals surface area contributed by atoms with Gasteiger partial charge in [-0.05, 0) is 70.6 Å². The van der Waals surface area contributed by atoms with Crippen molar-refractivity contribution in [2.24, 2.45) is 0 Å². The van der Waals surface area contributed by atoms with Gasteiger partial charge < -0.3 is 45.1 Å². The summed E-state index contributed by atoms with van der Waals surface area (Å²) in [5.74, 6) is -1.18. The van der Waals surface area contributed by atoms with Crippen LogP contribution in [0.2, 0.25) is 0 Å². The molecule has 1 aliphatic rings. The summed E-state index contributed by atoms with van der Waals surface area (Å²) >= 11 is 0. The Morgan fingerprint density at radius 2 is 0.774 bits per heavy atom. The Labute approximate surface area is 572 Å². The Balaban J connectivity index is 2.47. The maximum atomic E-state index is 13.5. The minimum atomic E-state index is -1.61. The molecule has 0 bridgehead atoms. The summed E-state index contributed by atoms with van der Waals surface area (Å²) in [6, 6.07) is -1.03. The number of carbonyl (C=O) groups excluding carboxylic acids is 2. The summed E-state index contributed by atoms with van der Waals surface area (Å²) in [5, 5.41) is 57.4. The van der Waals surface area contributed by atoms with Crippen molar-refractivity contribution in [3.8, 4) is 0 Å². The molecule has 0 spiro atoms. The van der Waals surface area contributed by atoms with Crippen molar-refractivity contribution in [1.29, 1.82) is 0 Å². The zero-order valence-electron chi connectivity index (χ0n) is 60.6. The van der Waals surface area contributed by atoms with Crippen LogP contribution >= 0.6 is 0 Å². The highest BCUT2D eigenvalue weighted by atomic mass is 16.7. The molecule has 1 heterocycles. The predicted molar refractivity (Wildman–Crippen MR) is 393 cm³/mol. The quantitative estimate of drug-likeness (QED) is 0.0195. The second-order valence-electron chi connectivity index (χ2n) is 27.4. The monoisotopic (exact) mass is 1310 g/mol. The number of unbranched alkanes of at least 4 members (excludes halogenated alkanes) is 45. The van der Waals surface area contributed by atoms with Gasteiger partial charge in [-0.3, -0.25) is 9.59 Å². The first-order valence-corrected chi connectivity index (χ1v) is 39.7. The molecule has 0 saturated carbocycles. The van der Waals surface area contributed by atoms with E-state index in [0.29, 0.717) is 12.8 Å². The van der Waals surface area contributed by atoms with E-state index in [4.69, 9.17) is 14.2 Å². The van der Waals surface area contributed by atoms with Crippen molar-refractivity contribution in [3.63, 3.8) is 0 Å². The normalized spacial score (nSPS) is 18.2. The Hall–Kier alpha value is -2.90. The molecule has 8 unspecified atom stereocenters. The van der Waals surface area contributed by atoms with Crippen LogP contribution in [0.4, 0.5) is 0 Å². The van der Waals surface area contributed by atoms with Crippen LogP contribution in [0.15, 0.2) is 72.9 Å². The summed E-state index contributed by atoms with van der Waals surface area (Å²) in [4.78, 5) is 26.8. The van der Waals surface area contributed by atoms with Crippen molar-refractivity contribution in [1.82, 2.24) is 5.32 Å². The molecule has 542 valence electrons. The molecule has 6 N–H and O–H groups in total. The SMILES string of the molecule is CC/C=C\C/C=C\C/C=C\C/C=C\C/C=C\CCCCCCCCCCCCC(O)C(=O)NC(COC1OC(CO)C(O)C(O)C1OC(=O)CCCCCCCCCCCCCCCCCCCCCCCCCCCCC)C(O)/C=C/CCCCCCCCCCC. The van der Waals surface area contributed by atoms with Gasteiger partial charge in [-0.2, -0.15) is 0 Å². The Morgan fingerprint density at radius 3 is 1.16 bits per heavy atom. The summed E-state index contributed by atoms with van der Waals surface area (Å²) < 4.78 is 17.7. The van der Waals surface area contributed by atoms with Gasteiger partial charge in [-0.1, -0.05) is 370 Å². The third-order valence-electron chi connectivity index (χ3n) is 18.6. The number of carbonyl (C=O) groups is 2.